The van der Waals surface area contributed by atoms with E-state index in [1.807, 2.05) is 4.68 Å². The van der Waals surface area contributed by atoms with Crippen LogP contribution >= 0.6 is 0 Å². The van der Waals surface area contributed by atoms with Crippen molar-refractivity contribution in [2.45, 2.75) is 64.3 Å². The Morgan fingerprint density at radius 2 is 2.21 bits per heavy atom. The summed E-state index contributed by atoms with van der Waals surface area (Å²) in [7, 11) is 0. The highest BCUT2D eigenvalue weighted by Crippen LogP contribution is 2.41. The molecule has 6 nitrogen and oxygen atoms in total. The van der Waals surface area contributed by atoms with Gasteiger partial charge in [-0.1, -0.05) is 13.8 Å². The first-order chi connectivity index (χ1) is 9.15. The number of hydrogen-bond donors (Lipinski definition) is 1. The number of ether oxygens (including phenoxy) is 1. The van der Waals surface area contributed by atoms with Gasteiger partial charge in [-0.15, -0.1) is 5.10 Å². The summed E-state index contributed by atoms with van der Waals surface area (Å²) >= 11 is 0. The number of aromatic nitrogens is 4. The Bertz CT molecular complexity index is 432. The lowest BCUT2D eigenvalue weighted by atomic mass is 9.95. The second kappa shape index (κ2) is 5.17. The Morgan fingerprint density at radius 1 is 1.37 bits per heavy atom. The molecule has 1 N–H and O–H groups in total. The van der Waals surface area contributed by atoms with Gasteiger partial charge in [0.15, 0.2) is 5.82 Å². The zero-order valence-corrected chi connectivity index (χ0v) is 11.9. The van der Waals surface area contributed by atoms with Crippen molar-refractivity contribution in [2.24, 2.45) is 5.92 Å². The number of fused-ring (bicyclic) bond motifs is 2. The molecule has 4 unspecified atom stereocenters. The third-order valence-corrected chi connectivity index (χ3v) is 4.13. The lowest BCUT2D eigenvalue weighted by Crippen LogP contribution is -2.29. The van der Waals surface area contributed by atoms with Gasteiger partial charge in [-0.25, -0.2) is 4.68 Å². The van der Waals surface area contributed by atoms with Gasteiger partial charge in [0.25, 0.3) is 0 Å². The molecule has 3 rings (SSSR count). The number of tetrazole rings is 1. The van der Waals surface area contributed by atoms with Gasteiger partial charge in [0.05, 0.1) is 24.3 Å². The van der Waals surface area contributed by atoms with Crippen LogP contribution in [0.15, 0.2) is 0 Å². The van der Waals surface area contributed by atoms with Crippen molar-refractivity contribution in [1.29, 1.82) is 0 Å². The molecule has 0 amide bonds. The summed E-state index contributed by atoms with van der Waals surface area (Å²) in [6.45, 7) is 7.50. The van der Waals surface area contributed by atoms with Gasteiger partial charge >= 0.3 is 0 Å². The van der Waals surface area contributed by atoms with E-state index < -0.39 is 0 Å². The third kappa shape index (κ3) is 2.51. The average molecular weight is 265 g/mol. The van der Waals surface area contributed by atoms with Crippen LogP contribution in [-0.4, -0.2) is 39.0 Å². The maximum atomic E-state index is 5.90. The highest BCUT2D eigenvalue weighted by atomic mass is 16.5. The predicted molar refractivity (Wildman–Crippen MR) is 70.6 cm³/mol. The second-order valence-electron chi connectivity index (χ2n) is 6.18. The minimum Gasteiger partial charge on any atom is -0.373 e. The summed E-state index contributed by atoms with van der Waals surface area (Å²) in [5, 5.41) is 15.8. The zero-order chi connectivity index (χ0) is 13.4. The Hall–Kier alpha value is -1.01. The van der Waals surface area contributed by atoms with E-state index in [0.29, 0.717) is 24.2 Å². The molecule has 3 heterocycles. The SMILES string of the molecule is CC(C)CNC(C)c1nnnn1C1CC2CCC1O2. The van der Waals surface area contributed by atoms with Gasteiger partial charge in [0.1, 0.15) is 0 Å². The molecular formula is C13H23N5O. The van der Waals surface area contributed by atoms with E-state index >= 15 is 0 Å². The van der Waals surface area contributed by atoms with Crippen molar-refractivity contribution >= 4 is 0 Å². The number of nitrogens with one attached hydrogen (secondary N) is 1. The highest BCUT2D eigenvalue weighted by Gasteiger charge is 2.43. The van der Waals surface area contributed by atoms with Gasteiger partial charge in [0, 0.05) is 0 Å². The molecule has 19 heavy (non-hydrogen) atoms. The molecule has 0 radical (unpaired) electrons. The van der Waals surface area contributed by atoms with Crippen molar-refractivity contribution in [3.05, 3.63) is 5.82 Å². The zero-order valence-electron chi connectivity index (χ0n) is 11.9. The second-order valence-corrected chi connectivity index (χ2v) is 6.18. The predicted octanol–water partition coefficient (Wildman–Crippen LogP) is 1.47. The summed E-state index contributed by atoms with van der Waals surface area (Å²) < 4.78 is 7.89. The molecule has 2 aliphatic heterocycles. The molecule has 0 saturated carbocycles. The lowest BCUT2D eigenvalue weighted by molar-refractivity contribution is 0.0912. The molecule has 2 fully saturated rings. The summed E-state index contributed by atoms with van der Waals surface area (Å²) in [5.74, 6) is 1.56. The molecule has 106 valence electrons. The van der Waals surface area contributed by atoms with E-state index in [1.54, 1.807) is 0 Å². The van der Waals surface area contributed by atoms with E-state index in [4.69, 9.17) is 4.74 Å². The van der Waals surface area contributed by atoms with Crippen molar-refractivity contribution in [3.63, 3.8) is 0 Å². The Balaban J connectivity index is 1.71. The van der Waals surface area contributed by atoms with Crippen molar-refractivity contribution in [2.75, 3.05) is 6.54 Å². The Labute approximate surface area is 113 Å². The fourth-order valence-corrected chi connectivity index (χ4v) is 3.09. The topological polar surface area (TPSA) is 64.9 Å². The maximum Gasteiger partial charge on any atom is 0.168 e. The van der Waals surface area contributed by atoms with E-state index in [9.17, 15) is 0 Å². The summed E-state index contributed by atoms with van der Waals surface area (Å²) in [4.78, 5) is 0. The molecular weight excluding hydrogens is 242 g/mol. The molecule has 2 bridgehead atoms. The lowest BCUT2D eigenvalue weighted by Gasteiger charge is -2.22. The maximum absolute atomic E-state index is 5.90. The normalized spacial score (nSPS) is 31.3. The van der Waals surface area contributed by atoms with Crippen LogP contribution in [0.4, 0.5) is 0 Å². The summed E-state index contributed by atoms with van der Waals surface area (Å²) in [6.07, 6.45) is 4.12. The standard InChI is InChI=1S/C13H23N5O/c1-8(2)7-14-9(3)13-15-16-17-18(13)11-6-10-4-5-12(11)19-10/h8-12,14H,4-7H2,1-3H3. The average Bonchev–Trinajstić information content (AvgIpc) is 3.09. The van der Waals surface area contributed by atoms with Gasteiger partial charge in [-0.05, 0) is 49.1 Å². The summed E-state index contributed by atoms with van der Waals surface area (Å²) in [6, 6.07) is 0.503. The van der Waals surface area contributed by atoms with Crippen LogP contribution in [0.1, 0.15) is 57.9 Å². The number of rotatable bonds is 5. The largest absolute Gasteiger partial charge is 0.373 e. The number of hydrogen-bond acceptors (Lipinski definition) is 5. The van der Waals surface area contributed by atoms with Crippen LogP contribution < -0.4 is 5.32 Å². The van der Waals surface area contributed by atoms with Gasteiger partial charge in [-0.3, -0.25) is 0 Å². The highest BCUT2D eigenvalue weighted by molar-refractivity contribution is 4.99. The van der Waals surface area contributed by atoms with E-state index in [-0.39, 0.29) is 6.04 Å². The molecule has 0 aliphatic carbocycles. The van der Waals surface area contributed by atoms with Crippen LogP contribution in [0.5, 0.6) is 0 Å². The minimum absolute atomic E-state index is 0.177. The van der Waals surface area contributed by atoms with Crippen LogP contribution in [0.2, 0.25) is 0 Å². The van der Waals surface area contributed by atoms with Gasteiger partial charge in [0.2, 0.25) is 0 Å². The Morgan fingerprint density at radius 3 is 2.84 bits per heavy atom. The first-order valence-corrected chi connectivity index (χ1v) is 7.31. The minimum atomic E-state index is 0.177. The van der Waals surface area contributed by atoms with Crippen LogP contribution in [0, 0.1) is 5.92 Å². The van der Waals surface area contributed by atoms with E-state index in [2.05, 4.69) is 41.6 Å². The van der Waals surface area contributed by atoms with Gasteiger partial charge < -0.3 is 10.1 Å². The number of nitrogens with zero attached hydrogens (tertiary/aromatic N) is 4. The van der Waals surface area contributed by atoms with Crippen LogP contribution in [-0.2, 0) is 4.74 Å². The summed E-state index contributed by atoms with van der Waals surface area (Å²) in [5.41, 5.74) is 0. The third-order valence-electron chi connectivity index (χ3n) is 4.13. The van der Waals surface area contributed by atoms with Crippen LogP contribution in [0.25, 0.3) is 0 Å². The van der Waals surface area contributed by atoms with Crippen LogP contribution in [0.3, 0.4) is 0 Å². The van der Waals surface area contributed by atoms with E-state index in [1.165, 1.54) is 6.42 Å². The first-order valence-electron chi connectivity index (χ1n) is 7.31. The molecule has 0 spiro atoms. The van der Waals surface area contributed by atoms with Crippen molar-refractivity contribution < 1.29 is 4.74 Å². The fourth-order valence-electron chi connectivity index (χ4n) is 3.09. The molecule has 0 aromatic carbocycles. The molecule has 4 atom stereocenters. The first kappa shape index (κ1) is 13.0. The van der Waals surface area contributed by atoms with E-state index in [0.717, 1.165) is 25.2 Å². The van der Waals surface area contributed by atoms with Crippen molar-refractivity contribution in [3.8, 4) is 0 Å². The van der Waals surface area contributed by atoms with Crippen molar-refractivity contribution in [1.82, 2.24) is 25.5 Å². The van der Waals surface area contributed by atoms with Gasteiger partial charge in [-0.2, -0.15) is 0 Å². The molecule has 2 aliphatic rings. The Kier molecular flexibility index (Phi) is 3.54. The molecule has 2 saturated heterocycles. The quantitative estimate of drug-likeness (QED) is 0.873. The molecule has 6 heteroatoms. The molecule has 1 aromatic rings. The monoisotopic (exact) mass is 265 g/mol. The molecule has 1 aromatic heterocycles. The smallest absolute Gasteiger partial charge is 0.168 e. The fraction of sp³-hybridized carbons (Fsp3) is 0.923.